The lowest BCUT2D eigenvalue weighted by Crippen LogP contribution is -2.31. The van der Waals surface area contributed by atoms with Crippen LogP contribution in [0.2, 0.25) is 0 Å². The molecule has 1 aromatic carbocycles. The lowest BCUT2D eigenvalue weighted by atomic mass is 9.79. The summed E-state index contributed by atoms with van der Waals surface area (Å²) >= 11 is 0. The van der Waals surface area contributed by atoms with Crippen LogP contribution in [0, 0.1) is 17.0 Å². The number of benzene rings is 1. The van der Waals surface area contributed by atoms with Crippen LogP contribution in [0.1, 0.15) is 32.3 Å². The average molecular weight is 241 g/mol. The summed E-state index contributed by atoms with van der Waals surface area (Å²) in [4.78, 5) is 0. The zero-order valence-corrected chi connectivity index (χ0v) is 10.8. The van der Waals surface area contributed by atoms with E-state index in [-0.39, 0.29) is 5.41 Å². The van der Waals surface area contributed by atoms with Crippen LogP contribution in [0.15, 0.2) is 18.2 Å². The van der Waals surface area contributed by atoms with Crippen molar-refractivity contribution in [3.63, 3.8) is 0 Å². The Morgan fingerprint density at radius 2 is 1.94 bits per heavy atom. The highest BCUT2D eigenvalue weighted by atomic mass is 19.2. The molecule has 0 bridgehead atoms. The van der Waals surface area contributed by atoms with E-state index in [1.807, 2.05) is 7.05 Å². The molecule has 0 radical (unpaired) electrons. The first-order valence-corrected chi connectivity index (χ1v) is 6.09. The van der Waals surface area contributed by atoms with Crippen LogP contribution in [0.3, 0.4) is 0 Å². The van der Waals surface area contributed by atoms with E-state index in [1.54, 1.807) is 6.07 Å². The minimum Gasteiger partial charge on any atom is -0.319 e. The molecule has 1 unspecified atom stereocenters. The van der Waals surface area contributed by atoms with Gasteiger partial charge in [0, 0.05) is 6.54 Å². The van der Waals surface area contributed by atoms with Crippen molar-refractivity contribution in [2.45, 2.75) is 33.1 Å². The summed E-state index contributed by atoms with van der Waals surface area (Å²) in [6.45, 7) is 5.19. The molecule has 0 aromatic heterocycles. The molecule has 1 N–H and O–H groups in total. The Kier molecular flexibility index (Phi) is 5.06. The molecular formula is C14H21F2N. The Bertz CT molecular complexity index is 357. The van der Waals surface area contributed by atoms with E-state index in [9.17, 15) is 8.78 Å². The van der Waals surface area contributed by atoms with Crippen molar-refractivity contribution in [1.82, 2.24) is 5.32 Å². The van der Waals surface area contributed by atoms with Crippen LogP contribution in [0.5, 0.6) is 0 Å². The predicted octanol–water partition coefficient (Wildman–Crippen LogP) is 3.53. The van der Waals surface area contributed by atoms with Crippen molar-refractivity contribution in [2.24, 2.45) is 5.41 Å². The Balaban J connectivity index is 2.81. The van der Waals surface area contributed by atoms with Crippen molar-refractivity contribution in [3.8, 4) is 0 Å². The number of hydrogen-bond acceptors (Lipinski definition) is 1. The molecule has 1 atom stereocenters. The van der Waals surface area contributed by atoms with Gasteiger partial charge in [0.2, 0.25) is 0 Å². The molecule has 17 heavy (non-hydrogen) atoms. The number of rotatable bonds is 6. The van der Waals surface area contributed by atoms with Gasteiger partial charge in [-0.15, -0.1) is 0 Å². The molecule has 1 rings (SSSR count). The van der Waals surface area contributed by atoms with Crippen LogP contribution in [-0.4, -0.2) is 13.6 Å². The molecule has 0 heterocycles. The summed E-state index contributed by atoms with van der Waals surface area (Å²) in [5.74, 6) is -1.54. The molecule has 96 valence electrons. The van der Waals surface area contributed by atoms with E-state index in [1.165, 1.54) is 12.1 Å². The third-order valence-corrected chi connectivity index (χ3v) is 3.07. The lowest BCUT2D eigenvalue weighted by Gasteiger charge is -2.29. The van der Waals surface area contributed by atoms with Gasteiger partial charge in [0.1, 0.15) is 0 Å². The number of nitrogens with one attached hydrogen (secondary N) is 1. The quantitative estimate of drug-likeness (QED) is 0.803. The largest absolute Gasteiger partial charge is 0.319 e. The third-order valence-electron chi connectivity index (χ3n) is 3.07. The first kappa shape index (κ1) is 14.1. The fourth-order valence-corrected chi connectivity index (χ4v) is 2.41. The number of halogens is 2. The second kappa shape index (κ2) is 6.10. The summed E-state index contributed by atoms with van der Waals surface area (Å²) in [5.41, 5.74) is 0.948. The Hall–Kier alpha value is -0.960. The van der Waals surface area contributed by atoms with Gasteiger partial charge in [-0.25, -0.2) is 8.78 Å². The van der Waals surface area contributed by atoms with Crippen molar-refractivity contribution in [1.29, 1.82) is 0 Å². The maximum absolute atomic E-state index is 13.1. The maximum atomic E-state index is 13.1. The van der Waals surface area contributed by atoms with Gasteiger partial charge in [-0.2, -0.15) is 0 Å². The summed E-state index contributed by atoms with van der Waals surface area (Å²) in [6.07, 6.45) is 2.91. The highest BCUT2D eigenvalue weighted by molar-refractivity contribution is 5.19. The van der Waals surface area contributed by atoms with Crippen LogP contribution in [0.25, 0.3) is 0 Å². The van der Waals surface area contributed by atoms with Gasteiger partial charge < -0.3 is 5.32 Å². The van der Waals surface area contributed by atoms with Crippen molar-refractivity contribution >= 4 is 0 Å². The van der Waals surface area contributed by atoms with E-state index in [4.69, 9.17) is 0 Å². The van der Waals surface area contributed by atoms with E-state index in [0.29, 0.717) is 0 Å². The highest BCUT2D eigenvalue weighted by Gasteiger charge is 2.23. The molecule has 0 amide bonds. The van der Waals surface area contributed by atoms with Gasteiger partial charge in [0.25, 0.3) is 0 Å². The predicted molar refractivity (Wildman–Crippen MR) is 67.0 cm³/mol. The fourth-order valence-electron chi connectivity index (χ4n) is 2.41. The molecule has 0 saturated heterocycles. The van der Waals surface area contributed by atoms with Crippen LogP contribution in [-0.2, 0) is 6.42 Å². The lowest BCUT2D eigenvalue weighted by molar-refractivity contribution is 0.282. The highest BCUT2D eigenvalue weighted by Crippen LogP contribution is 2.28. The van der Waals surface area contributed by atoms with Crippen molar-refractivity contribution in [2.75, 3.05) is 13.6 Å². The van der Waals surface area contributed by atoms with Crippen molar-refractivity contribution < 1.29 is 8.78 Å². The molecule has 0 aliphatic heterocycles. The molecule has 0 aliphatic rings. The standard InChI is InChI=1S/C14H21F2N/c1-4-7-14(2,10-17-3)9-11-5-6-12(15)13(16)8-11/h5-6,8,17H,4,7,9-10H2,1-3H3. The number of hydrogen-bond donors (Lipinski definition) is 1. The zero-order chi connectivity index (χ0) is 12.9. The topological polar surface area (TPSA) is 12.0 Å². The van der Waals surface area contributed by atoms with E-state index >= 15 is 0 Å². The second-order valence-electron chi connectivity index (χ2n) is 5.02. The molecule has 1 aromatic rings. The van der Waals surface area contributed by atoms with Gasteiger partial charge in [0.15, 0.2) is 11.6 Å². The maximum Gasteiger partial charge on any atom is 0.159 e. The van der Waals surface area contributed by atoms with E-state index in [0.717, 1.165) is 31.4 Å². The van der Waals surface area contributed by atoms with Crippen LogP contribution >= 0.6 is 0 Å². The van der Waals surface area contributed by atoms with Gasteiger partial charge in [-0.05, 0) is 43.0 Å². The Labute approximate surface area is 102 Å². The normalized spacial score (nSPS) is 14.6. The minimum absolute atomic E-state index is 0.0910. The fraction of sp³-hybridized carbons (Fsp3) is 0.571. The first-order valence-electron chi connectivity index (χ1n) is 6.09. The summed E-state index contributed by atoms with van der Waals surface area (Å²) in [5, 5.41) is 3.17. The molecule has 0 aliphatic carbocycles. The smallest absolute Gasteiger partial charge is 0.159 e. The minimum atomic E-state index is -0.778. The van der Waals surface area contributed by atoms with Gasteiger partial charge in [-0.1, -0.05) is 26.3 Å². The Morgan fingerprint density at radius 3 is 2.47 bits per heavy atom. The first-order chi connectivity index (χ1) is 8.00. The summed E-state index contributed by atoms with van der Waals surface area (Å²) in [6, 6.07) is 4.18. The van der Waals surface area contributed by atoms with Gasteiger partial charge >= 0.3 is 0 Å². The molecular weight excluding hydrogens is 220 g/mol. The second-order valence-corrected chi connectivity index (χ2v) is 5.02. The van der Waals surface area contributed by atoms with E-state index in [2.05, 4.69) is 19.2 Å². The Morgan fingerprint density at radius 1 is 1.24 bits per heavy atom. The molecule has 0 spiro atoms. The van der Waals surface area contributed by atoms with E-state index < -0.39 is 11.6 Å². The average Bonchev–Trinajstić information content (AvgIpc) is 2.24. The van der Waals surface area contributed by atoms with Gasteiger partial charge in [0.05, 0.1) is 0 Å². The molecule has 0 fully saturated rings. The van der Waals surface area contributed by atoms with Crippen molar-refractivity contribution in [3.05, 3.63) is 35.4 Å². The van der Waals surface area contributed by atoms with Crippen LogP contribution < -0.4 is 5.32 Å². The molecule has 1 nitrogen and oxygen atoms in total. The molecule has 0 saturated carbocycles. The zero-order valence-electron chi connectivity index (χ0n) is 10.8. The SMILES string of the molecule is CCCC(C)(CNC)Cc1ccc(F)c(F)c1. The molecule has 3 heteroatoms. The monoisotopic (exact) mass is 241 g/mol. The summed E-state index contributed by atoms with van der Waals surface area (Å²) < 4.78 is 26.0. The summed E-state index contributed by atoms with van der Waals surface area (Å²) in [7, 11) is 1.92. The van der Waals surface area contributed by atoms with Crippen LogP contribution in [0.4, 0.5) is 8.78 Å². The third kappa shape index (κ3) is 4.08. The van der Waals surface area contributed by atoms with Gasteiger partial charge in [-0.3, -0.25) is 0 Å².